The Morgan fingerprint density at radius 3 is 2.50 bits per heavy atom. The fourth-order valence-corrected chi connectivity index (χ4v) is 1.67. The summed E-state index contributed by atoms with van der Waals surface area (Å²) in [5.41, 5.74) is 1.33. The van der Waals surface area contributed by atoms with Crippen LogP contribution < -0.4 is 4.74 Å². The van der Waals surface area contributed by atoms with Gasteiger partial charge in [-0.15, -0.1) is 0 Å². The molecule has 0 aliphatic carbocycles. The van der Waals surface area contributed by atoms with Gasteiger partial charge in [0, 0.05) is 6.42 Å². The zero-order valence-corrected chi connectivity index (χ0v) is 9.65. The maximum absolute atomic E-state index is 5.61. The number of rotatable bonds is 5. The second kappa shape index (κ2) is 5.87. The van der Waals surface area contributed by atoms with Gasteiger partial charge in [0.1, 0.15) is 5.75 Å². The van der Waals surface area contributed by atoms with Crippen molar-refractivity contribution in [2.75, 3.05) is 19.8 Å². The molecule has 1 aliphatic rings. The van der Waals surface area contributed by atoms with Gasteiger partial charge in [0.25, 0.3) is 0 Å². The van der Waals surface area contributed by atoms with Crippen molar-refractivity contribution in [1.82, 2.24) is 0 Å². The van der Waals surface area contributed by atoms with E-state index < -0.39 is 0 Å². The smallest absolute Gasteiger partial charge is 0.161 e. The molecule has 1 aromatic rings. The molecule has 1 aliphatic heterocycles. The molecule has 0 aromatic heterocycles. The van der Waals surface area contributed by atoms with Gasteiger partial charge in [0.2, 0.25) is 0 Å². The lowest BCUT2D eigenvalue weighted by Crippen LogP contribution is -2.12. The summed E-state index contributed by atoms with van der Waals surface area (Å²) in [5.74, 6) is 0.912. The first-order chi connectivity index (χ1) is 7.88. The maximum Gasteiger partial charge on any atom is 0.161 e. The summed E-state index contributed by atoms with van der Waals surface area (Å²) in [7, 11) is 0. The van der Waals surface area contributed by atoms with Crippen molar-refractivity contribution in [3.8, 4) is 5.75 Å². The molecule has 2 rings (SSSR count). The minimum atomic E-state index is -0.0742. The molecule has 0 radical (unpaired) electrons. The number of benzene rings is 1. The average Bonchev–Trinajstić information content (AvgIpc) is 2.83. The highest BCUT2D eigenvalue weighted by Crippen LogP contribution is 2.14. The fraction of sp³-hybridized carbons (Fsp3) is 0.538. The van der Waals surface area contributed by atoms with E-state index in [1.54, 1.807) is 0 Å². The number of hydrogen-bond acceptors (Lipinski definition) is 3. The van der Waals surface area contributed by atoms with Crippen molar-refractivity contribution in [3.63, 3.8) is 0 Å². The number of hydrogen-bond donors (Lipinski definition) is 0. The lowest BCUT2D eigenvalue weighted by molar-refractivity contribution is -0.0531. The molecule has 1 heterocycles. The van der Waals surface area contributed by atoms with E-state index in [9.17, 15) is 0 Å². The van der Waals surface area contributed by atoms with Crippen molar-refractivity contribution in [3.05, 3.63) is 29.8 Å². The van der Waals surface area contributed by atoms with Crippen LogP contribution in [-0.4, -0.2) is 26.1 Å². The Kier molecular flexibility index (Phi) is 4.19. The summed E-state index contributed by atoms with van der Waals surface area (Å²) in [5, 5.41) is 0. The lowest BCUT2D eigenvalue weighted by Gasteiger charge is -2.10. The maximum atomic E-state index is 5.61. The zero-order chi connectivity index (χ0) is 11.2. The third kappa shape index (κ3) is 3.22. The third-order valence-electron chi connectivity index (χ3n) is 2.64. The predicted octanol–water partition coefficient (Wildman–Crippen LogP) is 2.39. The van der Waals surface area contributed by atoms with E-state index in [0.717, 1.165) is 18.6 Å². The molecule has 0 saturated carbocycles. The van der Waals surface area contributed by atoms with Crippen LogP contribution in [0.1, 0.15) is 18.9 Å². The van der Waals surface area contributed by atoms with Gasteiger partial charge in [-0.25, -0.2) is 0 Å². The zero-order valence-electron chi connectivity index (χ0n) is 9.65. The molecule has 3 heteroatoms. The summed E-state index contributed by atoms with van der Waals surface area (Å²) in [6, 6.07) is 8.21. The second-order valence-corrected chi connectivity index (χ2v) is 3.81. The van der Waals surface area contributed by atoms with Gasteiger partial charge in [-0.2, -0.15) is 0 Å². The molecule has 0 bridgehead atoms. The molecule has 0 spiro atoms. The molecular weight excluding hydrogens is 204 g/mol. The summed E-state index contributed by atoms with van der Waals surface area (Å²) in [4.78, 5) is 0. The highest BCUT2D eigenvalue weighted by molar-refractivity contribution is 5.27. The molecule has 1 fully saturated rings. The minimum absolute atomic E-state index is 0.0742. The Morgan fingerprint density at radius 1 is 1.19 bits per heavy atom. The van der Waals surface area contributed by atoms with Gasteiger partial charge >= 0.3 is 0 Å². The van der Waals surface area contributed by atoms with Crippen molar-refractivity contribution in [2.45, 2.75) is 26.1 Å². The Balaban J connectivity index is 1.71. The molecule has 88 valence electrons. The molecule has 0 N–H and O–H groups in total. The van der Waals surface area contributed by atoms with E-state index >= 15 is 0 Å². The molecular formula is C13H18O3. The van der Waals surface area contributed by atoms with Gasteiger partial charge in [-0.05, 0) is 24.1 Å². The molecule has 16 heavy (non-hydrogen) atoms. The van der Waals surface area contributed by atoms with Crippen LogP contribution in [-0.2, 0) is 15.9 Å². The monoisotopic (exact) mass is 222 g/mol. The quantitative estimate of drug-likeness (QED) is 0.765. The highest BCUT2D eigenvalue weighted by atomic mass is 16.7. The summed E-state index contributed by atoms with van der Waals surface area (Å²) >= 11 is 0. The topological polar surface area (TPSA) is 27.7 Å². The van der Waals surface area contributed by atoms with Crippen molar-refractivity contribution >= 4 is 0 Å². The van der Waals surface area contributed by atoms with Crippen molar-refractivity contribution < 1.29 is 14.2 Å². The SMILES string of the molecule is CCc1ccc(OCCC2OCCO2)cc1. The number of ether oxygens (including phenoxy) is 3. The van der Waals surface area contributed by atoms with E-state index in [0.29, 0.717) is 19.8 Å². The van der Waals surface area contributed by atoms with Crippen LogP contribution in [0.5, 0.6) is 5.75 Å². The Labute approximate surface area is 96.3 Å². The van der Waals surface area contributed by atoms with E-state index in [1.807, 2.05) is 12.1 Å². The number of aryl methyl sites for hydroxylation is 1. The molecule has 3 nitrogen and oxygen atoms in total. The lowest BCUT2D eigenvalue weighted by atomic mass is 10.2. The predicted molar refractivity (Wildman–Crippen MR) is 61.6 cm³/mol. The highest BCUT2D eigenvalue weighted by Gasteiger charge is 2.15. The third-order valence-corrected chi connectivity index (χ3v) is 2.64. The van der Waals surface area contributed by atoms with Crippen molar-refractivity contribution in [1.29, 1.82) is 0 Å². The molecule has 0 amide bonds. The van der Waals surface area contributed by atoms with Crippen LogP contribution in [0.3, 0.4) is 0 Å². The fourth-order valence-electron chi connectivity index (χ4n) is 1.67. The van der Waals surface area contributed by atoms with Crippen LogP contribution >= 0.6 is 0 Å². The van der Waals surface area contributed by atoms with Crippen molar-refractivity contribution in [2.24, 2.45) is 0 Å². The first-order valence-corrected chi connectivity index (χ1v) is 5.83. The molecule has 0 atom stereocenters. The van der Waals surface area contributed by atoms with E-state index in [-0.39, 0.29) is 6.29 Å². The summed E-state index contributed by atoms with van der Waals surface area (Å²) < 4.78 is 16.3. The van der Waals surface area contributed by atoms with Gasteiger partial charge in [-0.3, -0.25) is 0 Å². The van der Waals surface area contributed by atoms with Crippen LogP contribution in [0.4, 0.5) is 0 Å². The standard InChI is InChI=1S/C13H18O3/c1-2-11-3-5-12(6-4-11)14-8-7-13-15-9-10-16-13/h3-6,13H,2,7-10H2,1H3. The average molecular weight is 222 g/mol. The van der Waals surface area contributed by atoms with Gasteiger partial charge < -0.3 is 14.2 Å². The molecule has 1 saturated heterocycles. The van der Waals surface area contributed by atoms with Crippen LogP contribution in [0.25, 0.3) is 0 Å². The summed E-state index contributed by atoms with van der Waals surface area (Å²) in [6.45, 7) is 4.19. The Bertz CT molecular complexity index is 301. The van der Waals surface area contributed by atoms with Gasteiger partial charge in [0.15, 0.2) is 6.29 Å². The Morgan fingerprint density at radius 2 is 1.88 bits per heavy atom. The van der Waals surface area contributed by atoms with Gasteiger partial charge in [0.05, 0.1) is 19.8 Å². The minimum Gasteiger partial charge on any atom is -0.493 e. The van der Waals surface area contributed by atoms with E-state index in [2.05, 4.69) is 19.1 Å². The van der Waals surface area contributed by atoms with E-state index in [4.69, 9.17) is 14.2 Å². The largest absolute Gasteiger partial charge is 0.493 e. The van der Waals surface area contributed by atoms with Crippen LogP contribution in [0, 0.1) is 0 Å². The summed E-state index contributed by atoms with van der Waals surface area (Å²) in [6.07, 6.45) is 1.77. The normalized spacial score (nSPS) is 16.6. The van der Waals surface area contributed by atoms with Gasteiger partial charge in [-0.1, -0.05) is 19.1 Å². The van der Waals surface area contributed by atoms with Crippen LogP contribution in [0.15, 0.2) is 24.3 Å². The van der Waals surface area contributed by atoms with E-state index in [1.165, 1.54) is 5.56 Å². The second-order valence-electron chi connectivity index (χ2n) is 3.81. The first-order valence-electron chi connectivity index (χ1n) is 5.83. The first kappa shape index (κ1) is 11.4. The van der Waals surface area contributed by atoms with Crippen LogP contribution in [0.2, 0.25) is 0 Å². The molecule has 0 unspecified atom stereocenters. The molecule has 1 aromatic carbocycles. The Hall–Kier alpha value is -1.06.